The standard InChI is InChI=1S/C6H11NO3S/c1-2-5-3-7-6(8)4-11(5,9)10/h5H,2-4H2,1H3,(H,7,8). The van der Waals surface area contributed by atoms with Crippen molar-refractivity contribution in [1.29, 1.82) is 0 Å². The predicted molar refractivity (Wildman–Crippen MR) is 40.9 cm³/mol. The lowest BCUT2D eigenvalue weighted by molar-refractivity contribution is -0.118. The molecule has 5 heteroatoms. The van der Waals surface area contributed by atoms with Crippen LogP contribution in [-0.2, 0) is 14.6 Å². The van der Waals surface area contributed by atoms with Gasteiger partial charge in [-0.1, -0.05) is 6.92 Å². The number of sulfone groups is 1. The molecule has 0 spiro atoms. The molecule has 0 radical (unpaired) electrons. The van der Waals surface area contributed by atoms with Crippen molar-refractivity contribution in [2.75, 3.05) is 12.3 Å². The van der Waals surface area contributed by atoms with Gasteiger partial charge in [-0.3, -0.25) is 4.79 Å². The van der Waals surface area contributed by atoms with E-state index in [9.17, 15) is 13.2 Å². The van der Waals surface area contributed by atoms with Crippen molar-refractivity contribution in [1.82, 2.24) is 5.32 Å². The fourth-order valence-corrected chi connectivity index (χ4v) is 2.65. The van der Waals surface area contributed by atoms with Gasteiger partial charge in [-0.2, -0.15) is 0 Å². The summed E-state index contributed by atoms with van der Waals surface area (Å²) in [4.78, 5) is 10.6. The molecule has 0 aromatic heterocycles. The molecular weight excluding hydrogens is 166 g/mol. The van der Waals surface area contributed by atoms with Crippen LogP contribution in [0.25, 0.3) is 0 Å². The topological polar surface area (TPSA) is 63.2 Å². The first-order valence-electron chi connectivity index (χ1n) is 3.54. The highest BCUT2D eigenvalue weighted by Gasteiger charge is 2.31. The van der Waals surface area contributed by atoms with Crippen LogP contribution >= 0.6 is 0 Å². The lowest BCUT2D eigenvalue weighted by Gasteiger charge is -2.21. The van der Waals surface area contributed by atoms with Crippen molar-refractivity contribution in [3.63, 3.8) is 0 Å². The Morgan fingerprint density at radius 2 is 2.27 bits per heavy atom. The Bertz CT molecular complexity index is 257. The van der Waals surface area contributed by atoms with Gasteiger partial charge in [0.05, 0.1) is 5.25 Å². The molecule has 1 saturated heterocycles. The number of carbonyl (C=O) groups excluding carboxylic acids is 1. The predicted octanol–water partition coefficient (Wildman–Crippen LogP) is -0.690. The molecule has 1 N–H and O–H groups in total. The zero-order valence-corrected chi connectivity index (χ0v) is 7.15. The maximum absolute atomic E-state index is 11.2. The van der Waals surface area contributed by atoms with E-state index < -0.39 is 9.84 Å². The first-order valence-corrected chi connectivity index (χ1v) is 5.26. The average Bonchev–Trinajstić information content (AvgIpc) is 1.85. The molecule has 0 aliphatic carbocycles. The molecule has 1 aliphatic rings. The van der Waals surface area contributed by atoms with Crippen LogP contribution in [0.5, 0.6) is 0 Å². The van der Waals surface area contributed by atoms with Gasteiger partial charge in [0.15, 0.2) is 9.84 Å². The van der Waals surface area contributed by atoms with Gasteiger partial charge in [0.25, 0.3) is 0 Å². The second kappa shape index (κ2) is 2.81. The van der Waals surface area contributed by atoms with E-state index in [0.29, 0.717) is 6.42 Å². The van der Waals surface area contributed by atoms with Crippen molar-refractivity contribution in [3.05, 3.63) is 0 Å². The molecule has 1 rings (SSSR count). The lowest BCUT2D eigenvalue weighted by Crippen LogP contribution is -2.47. The third-order valence-electron chi connectivity index (χ3n) is 1.82. The summed E-state index contributed by atoms with van der Waals surface area (Å²) in [7, 11) is -3.13. The van der Waals surface area contributed by atoms with E-state index in [1.165, 1.54) is 0 Å². The first-order chi connectivity index (χ1) is 5.06. The molecule has 64 valence electrons. The van der Waals surface area contributed by atoms with Crippen molar-refractivity contribution in [3.8, 4) is 0 Å². The number of carbonyl (C=O) groups is 1. The molecule has 1 heterocycles. The molecule has 1 unspecified atom stereocenters. The Morgan fingerprint density at radius 1 is 1.64 bits per heavy atom. The van der Waals surface area contributed by atoms with Crippen LogP contribution in [0.2, 0.25) is 0 Å². The maximum Gasteiger partial charge on any atom is 0.235 e. The SMILES string of the molecule is CCC1CNC(=O)CS1(=O)=O. The second-order valence-electron chi connectivity index (χ2n) is 2.64. The van der Waals surface area contributed by atoms with Crippen molar-refractivity contribution >= 4 is 15.7 Å². The summed E-state index contributed by atoms with van der Waals surface area (Å²) in [5, 5.41) is 2.15. The molecule has 4 nitrogen and oxygen atoms in total. The first kappa shape index (κ1) is 8.52. The largest absolute Gasteiger partial charge is 0.354 e. The van der Waals surface area contributed by atoms with Crippen LogP contribution in [0.15, 0.2) is 0 Å². The van der Waals surface area contributed by atoms with E-state index in [1.54, 1.807) is 6.92 Å². The summed E-state index contributed by atoms with van der Waals surface area (Å²) in [5.74, 6) is -0.722. The van der Waals surface area contributed by atoms with E-state index in [0.717, 1.165) is 0 Å². The lowest BCUT2D eigenvalue weighted by atomic mass is 10.3. The highest BCUT2D eigenvalue weighted by Crippen LogP contribution is 2.09. The summed E-state index contributed by atoms with van der Waals surface area (Å²) in [6.45, 7) is 2.08. The molecule has 0 aromatic carbocycles. The van der Waals surface area contributed by atoms with Gasteiger partial charge in [-0.15, -0.1) is 0 Å². The minimum atomic E-state index is -3.13. The highest BCUT2D eigenvalue weighted by atomic mass is 32.2. The average molecular weight is 177 g/mol. The van der Waals surface area contributed by atoms with Gasteiger partial charge < -0.3 is 5.32 Å². The molecule has 1 amide bonds. The van der Waals surface area contributed by atoms with E-state index in [1.807, 2.05) is 0 Å². The van der Waals surface area contributed by atoms with Crippen molar-refractivity contribution < 1.29 is 13.2 Å². The minimum absolute atomic E-state index is 0.275. The van der Waals surface area contributed by atoms with E-state index in [-0.39, 0.29) is 23.5 Å². The zero-order chi connectivity index (χ0) is 8.48. The Labute approximate surface area is 65.9 Å². The van der Waals surface area contributed by atoms with Crippen LogP contribution in [0.4, 0.5) is 0 Å². The van der Waals surface area contributed by atoms with Crippen LogP contribution in [0, 0.1) is 0 Å². The van der Waals surface area contributed by atoms with Crippen LogP contribution in [0.3, 0.4) is 0 Å². The van der Waals surface area contributed by atoms with Crippen molar-refractivity contribution in [2.45, 2.75) is 18.6 Å². The zero-order valence-electron chi connectivity index (χ0n) is 6.33. The summed E-state index contributed by atoms with van der Waals surface area (Å²) in [6, 6.07) is 0. The number of rotatable bonds is 1. The van der Waals surface area contributed by atoms with Gasteiger partial charge in [-0.05, 0) is 6.42 Å². The fraction of sp³-hybridized carbons (Fsp3) is 0.833. The number of amides is 1. The molecule has 1 fully saturated rings. The third kappa shape index (κ3) is 1.71. The van der Waals surface area contributed by atoms with Crippen molar-refractivity contribution in [2.24, 2.45) is 0 Å². The molecule has 0 saturated carbocycles. The van der Waals surface area contributed by atoms with E-state index >= 15 is 0 Å². The van der Waals surface area contributed by atoms with Crippen LogP contribution < -0.4 is 5.32 Å². The molecule has 1 atom stereocenters. The smallest absolute Gasteiger partial charge is 0.235 e. The van der Waals surface area contributed by atoms with Crippen LogP contribution in [-0.4, -0.2) is 31.9 Å². The van der Waals surface area contributed by atoms with E-state index in [2.05, 4.69) is 5.32 Å². The van der Waals surface area contributed by atoms with Gasteiger partial charge in [0.2, 0.25) is 5.91 Å². The fourth-order valence-electron chi connectivity index (χ4n) is 1.10. The summed E-state index contributed by atoms with van der Waals surface area (Å²) < 4.78 is 22.3. The third-order valence-corrected chi connectivity index (χ3v) is 4.00. The van der Waals surface area contributed by atoms with E-state index in [4.69, 9.17) is 0 Å². The Kier molecular flexibility index (Phi) is 2.17. The quantitative estimate of drug-likeness (QED) is 0.576. The van der Waals surface area contributed by atoms with Crippen LogP contribution in [0.1, 0.15) is 13.3 Å². The Morgan fingerprint density at radius 3 is 2.73 bits per heavy atom. The van der Waals surface area contributed by atoms with Gasteiger partial charge in [0, 0.05) is 6.54 Å². The van der Waals surface area contributed by atoms with Gasteiger partial charge in [-0.25, -0.2) is 8.42 Å². The summed E-state index contributed by atoms with van der Waals surface area (Å²) in [6.07, 6.45) is 0.572. The Hall–Kier alpha value is -0.580. The summed E-state index contributed by atoms with van der Waals surface area (Å²) in [5.41, 5.74) is 0. The molecule has 1 aliphatic heterocycles. The van der Waals surface area contributed by atoms with Gasteiger partial charge >= 0.3 is 0 Å². The number of hydrogen-bond donors (Lipinski definition) is 1. The molecule has 0 aromatic rings. The normalized spacial score (nSPS) is 29.5. The monoisotopic (exact) mass is 177 g/mol. The Balaban J connectivity index is 2.80. The molecule has 11 heavy (non-hydrogen) atoms. The molecule has 0 bridgehead atoms. The van der Waals surface area contributed by atoms with Gasteiger partial charge in [0.1, 0.15) is 5.75 Å². The maximum atomic E-state index is 11.2. The highest BCUT2D eigenvalue weighted by molar-refractivity contribution is 7.92. The minimum Gasteiger partial charge on any atom is -0.354 e. The molecular formula is C6H11NO3S. The number of hydrogen-bond acceptors (Lipinski definition) is 3. The number of nitrogens with one attached hydrogen (secondary N) is 1. The second-order valence-corrected chi connectivity index (χ2v) is 4.92. The summed E-state index contributed by atoms with van der Waals surface area (Å²) >= 11 is 0.